The number of halogens is 1. The van der Waals surface area contributed by atoms with Crippen molar-refractivity contribution >= 4 is 11.6 Å². The second kappa shape index (κ2) is 6.31. The summed E-state index contributed by atoms with van der Waals surface area (Å²) in [4.78, 5) is 41.7. The molecule has 0 radical (unpaired) electrons. The van der Waals surface area contributed by atoms with Gasteiger partial charge in [-0.1, -0.05) is 12.1 Å². The molecule has 0 atom stereocenters. The number of carbonyl (C=O) groups is 1. The number of aromatic amines is 1. The van der Waals surface area contributed by atoms with Crippen LogP contribution in [-0.4, -0.2) is 46.5 Å². The number of para-hydroxylation sites is 1. The molecule has 126 valence electrons. The van der Waals surface area contributed by atoms with Gasteiger partial charge in [0.05, 0.1) is 5.69 Å². The monoisotopic (exact) mass is 332 g/mol. The van der Waals surface area contributed by atoms with Gasteiger partial charge in [-0.2, -0.15) is 0 Å². The first-order chi connectivity index (χ1) is 11.5. The van der Waals surface area contributed by atoms with E-state index in [2.05, 4.69) is 4.98 Å². The maximum absolute atomic E-state index is 13.8. The number of nitrogens with zero attached hydrogens (tertiary/aromatic N) is 3. The largest absolute Gasteiger partial charge is 0.366 e. The molecule has 1 amide bonds. The Balaban J connectivity index is 1.74. The highest BCUT2D eigenvalue weighted by Gasteiger charge is 2.25. The number of nitrogens with one attached hydrogen (secondary N) is 1. The third-order valence-corrected chi connectivity index (χ3v) is 4.17. The van der Waals surface area contributed by atoms with E-state index < -0.39 is 17.2 Å². The van der Waals surface area contributed by atoms with Crippen molar-refractivity contribution < 1.29 is 9.18 Å². The molecule has 1 fully saturated rings. The van der Waals surface area contributed by atoms with Gasteiger partial charge < -0.3 is 14.8 Å². The van der Waals surface area contributed by atoms with Crippen molar-refractivity contribution in [3.8, 4) is 0 Å². The molecule has 0 saturated carbocycles. The highest BCUT2D eigenvalue weighted by molar-refractivity contribution is 5.93. The minimum atomic E-state index is -0.625. The molecule has 1 saturated heterocycles. The Kier molecular flexibility index (Phi) is 4.20. The van der Waals surface area contributed by atoms with E-state index in [4.69, 9.17) is 0 Å². The lowest BCUT2D eigenvalue weighted by atomic mass is 10.2. The molecule has 1 N–H and O–H groups in total. The van der Waals surface area contributed by atoms with Crippen LogP contribution in [-0.2, 0) is 7.05 Å². The van der Waals surface area contributed by atoms with Gasteiger partial charge in [0.15, 0.2) is 0 Å². The third kappa shape index (κ3) is 2.82. The number of piperazine rings is 1. The van der Waals surface area contributed by atoms with Crippen molar-refractivity contribution in [1.82, 2.24) is 14.5 Å². The number of hydrogen-bond donors (Lipinski definition) is 1. The van der Waals surface area contributed by atoms with E-state index in [1.807, 2.05) is 4.90 Å². The molecular formula is C16H17FN4O3. The van der Waals surface area contributed by atoms with Crippen LogP contribution < -0.4 is 16.1 Å². The molecule has 1 aliphatic heterocycles. The Morgan fingerprint density at radius 3 is 2.46 bits per heavy atom. The first-order valence-electron chi connectivity index (χ1n) is 7.56. The van der Waals surface area contributed by atoms with Crippen LogP contribution in [0.5, 0.6) is 0 Å². The second-order valence-corrected chi connectivity index (χ2v) is 5.60. The minimum Gasteiger partial charge on any atom is -0.366 e. The Labute approximate surface area is 136 Å². The number of hydrogen-bond acceptors (Lipinski definition) is 4. The van der Waals surface area contributed by atoms with Crippen LogP contribution >= 0.6 is 0 Å². The van der Waals surface area contributed by atoms with Crippen molar-refractivity contribution in [2.24, 2.45) is 7.05 Å². The van der Waals surface area contributed by atoms with E-state index in [0.717, 1.165) is 10.8 Å². The number of benzene rings is 1. The molecule has 1 aliphatic rings. The van der Waals surface area contributed by atoms with Crippen molar-refractivity contribution in [2.75, 3.05) is 31.1 Å². The fourth-order valence-electron chi connectivity index (χ4n) is 2.75. The van der Waals surface area contributed by atoms with Gasteiger partial charge in [-0.05, 0) is 12.1 Å². The normalized spacial score (nSPS) is 14.8. The van der Waals surface area contributed by atoms with Gasteiger partial charge >= 0.3 is 5.69 Å². The number of H-pyrrole nitrogens is 1. The van der Waals surface area contributed by atoms with Gasteiger partial charge in [0.2, 0.25) is 0 Å². The smallest absolute Gasteiger partial charge is 0.328 e. The second-order valence-electron chi connectivity index (χ2n) is 5.60. The number of carbonyl (C=O) groups excluding carboxylic acids is 1. The zero-order valence-corrected chi connectivity index (χ0v) is 13.2. The van der Waals surface area contributed by atoms with Crippen LogP contribution in [0.15, 0.2) is 40.1 Å². The Morgan fingerprint density at radius 1 is 1.12 bits per heavy atom. The maximum Gasteiger partial charge on any atom is 0.328 e. The summed E-state index contributed by atoms with van der Waals surface area (Å²) in [5.41, 5.74) is -0.762. The van der Waals surface area contributed by atoms with E-state index in [-0.39, 0.29) is 11.4 Å². The standard InChI is InChI=1S/C16H17FN4O3/c1-19-14(22)11(10-18-16(19)24)15(23)21-8-6-20(7-9-21)13-5-3-2-4-12(13)17/h2-5,10H,6-9H2,1H3,(H,18,24). The quantitative estimate of drug-likeness (QED) is 0.851. The molecule has 0 aliphatic carbocycles. The van der Waals surface area contributed by atoms with E-state index >= 15 is 0 Å². The van der Waals surface area contributed by atoms with Crippen LogP contribution in [0.4, 0.5) is 10.1 Å². The number of aromatic nitrogens is 2. The maximum atomic E-state index is 13.8. The topological polar surface area (TPSA) is 78.4 Å². The summed E-state index contributed by atoms with van der Waals surface area (Å²) < 4.78 is 14.7. The van der Waals surface area contributed by atoms with Crippen molar-refractivity contribution in [3.63, 3.8) is 0 Å². The van der Waals surface area contributed by atoms with E-state index in [1.54, 1.807) is 18.2 Å². The zero-order valence-electron chi connectivity index (χ0n) is 13.2. The van der Waals surface area contributed by atoms with Gasteiger partial charge in [0.1, 0.15) is 11.4 Å². The SMILES string of the molecule is Cn1c(=O)[nH]cc(C(=O)N2CCN(c3ccccc3F)CC2)c1=O. The van der Waals surface area contributed by atoms with Crippen molar-refractivity contribution in [1.29, 1.82) is 0 Å². The summed E-state index contributed by atoms with van der Waals surface area (Å²) in [5.74, 6) is -0.730. The molecule has 0 unspecified atom stereocenters. The van der Waals surface area contributed by atoms with Crippen LogP contribution in [0.2, 0.25) is 0 Å². The highest BCUT2D eigenvalue weighted by Crippen LogP contribution is 2.20. The molecule has 2 aromatic rings. The molecule has 1 aromatic carbocycles. The van der Waals surface area contributed by atoms with Crippen molar-refractivity contribution in [2.45, 2.75) is 0 Å². The number of amides is 1. The van der Waals surface area contributed by atoms with Gasteiger partial charge in [0, 0.05) is 39.4 Å². The number of rotatable bonds is 2. The number of anilines is 1. The molecule has 0 bridgehead atoms. The van der Waals surface area contributed by atoms with Crippen LogP contribution in [0.3, 0.4) is 0 Å². The molecule has 1 aromatic heterocycles. The van der Waals surface area contributed by atoms with Crippen LogP contribution in [0, 0.1) is 5.82 Å². The third-order valence-electron chi connectivity index (χ3n) is 4.17. The zero-order chi connectivity index (χ0) is 17.3. The van der Waals surface area contributed by atoms with Gasteiger partial charge in [0.25, 0.3) is 11.5 Å². The molecule has 8 heteroatoms. The Hall–Kier alpha value is -2.90. The lowest BCUT2D eigenvalue weighted by Gasteiger charge is -2.36. The average Bonchev–Trinajstić information content (AvgIpc) is 2.60. The van der Waals surface area contributed by atoms with Crippen LogP contribution in [0.1, 0.15) is 10.4 Å². The van der Waals surface area contributed by atoms with E-state index in [1.165, 1.54) is 18.0 Å². The predicted octanol–water partition coefficient (Wildman–Crippen LogP) is 0.175. The molecule has 0 spiro atoms. The molecular weight excluding hydrogens is 315 g/mol. The summed E-state index contributed by atoms with van der Waals surface area (Å²) in [6, 6.07) is 6.49. The summed E-state index contributed by atoms with van der Waals surface area (Å²) in [5, 5.41) is 0. The Bertz CT molecular complexity index is 881. The molecule has 3 rings (SSSR count). The van der Waals surface area contributed by atoms with Gasteiger partial charge in [-0.3, -0.25) is 14.2 Å². The van der Waals surface area contributed by atoms with Gasteiger partial charge in [-0.15, -0.1) is 0 Å². The summed E-state index contributed by atoms with van der Waals surface area (Å²) in [6.45, 7) is 1.68. The highest BCUT2D eigenvalue weighted by atomic mass is 19.1. The minimum absolute atomic E-state index is 0.0727. The van der Waals surface area contributed by atoms with E-state index in [0.29, 0.717) is 31.9 Å². The van der Waals surface area contributed by atoms with E-state index in [9.17, 15) is 18.8 Å². The fourth-order valence-corrected chi connectivity index (χ4v) is 2.75. The van der Waals surface area contributed by atoms with Crippen molar-refractivity contribution in [3.05, 3.63) is 62.7 Å². The Morgan fingerprint density at radius 2 is 1.79 bits per heavy atom. The first kappa shape index (κ1) is 16.0. The average molecular weight is 332 g/mol. The van der Waals surface area contributed by atoms with Crippen LogP contribution in [0.25, 0.3) is 0 Å². The molecule has 24 heavy (non-hydrogen) atoms. The summed E-state index contributed by atoms with van der Waals surface area (Å²) in [7, 11) is 1.31. The first-order valence-corrected chi connectivity index (χ1v) is 7.56. The molecule has 7 nitrogen and oxygen atoms in total. The fraction of sp³-hybridized carbons (Fsp3) is 0.312. The lowest BCUT2D eigenvalue weighted by Crippen LogP contribution is -2.50. The summed E-state index contributed by atoms with van der Waals surface area (Å²) in [6.07, 6.45) is 1.15. The molecule has 2 heterocycles. The lowest BCUT2D eigenvalue weighted by molar-refractivity contribution is 0.0743. The summed E-state index contributed by atoms with van der Waals surface area (Å²) >= 11 is 0. The predicted molar refractivity (Wildman–Crippen MR) is 86.8 cm³/mol. The van der Waals surface area contributed by atoms with Gasteiger partial charge in [-0.25, -0.2) is 9.18 Å².